The largest absolute Gasteiger partial charge is 0.478 e. The van der Waals surface area contributed by atoms with Gasteiger partial charge in [-0.3, -0.25) is 0 Å². The lowest BCUT2D eigenvalue weighted by Gasteiger charge is -2.18. The predicted molar refractivity (Wildman–Crippen MR) is 80.1 cm³/mol. The summed E-state index contributed by atoms with van der Waals surface area (Å²) in [5.41, 5.74) is 2.77. The summed E-state index contributed by atoms with van der Waals surface area (Å²) in [5.74, 6) is -1.99. The highest BCUT2D eigenvalue weighted by atomic mass is 16.4. The molecule has 2 aromatic carbocycles. The summed E-state index contributed by atoms with van der Waals surface area (Å²) < 4.78 is 0. The number of hydrogen-bond donors (Lipinski definition) is 2. The van der Waals surface area contributed by atoms with Gasteiger partial charge < -0.3 is 15.1 Å². The van der Waals surface area contributed by atoms with Crippen LogP contribution in [0.25, 0.3) is 11.1 Å². The number of carboxylic acids is 2. The number of benzene rings is 2. The Balaban J connectivity index is 2.56. The molecule has 2 rings (SSSR count). The Hall–Kier alpha value is -2.82. The second-order valence-corrected chi connectivity index (χ2v) is 4.81. The molecule has 0 radical (unpaired) electrons. The number of carbonyl (C=O) groups is 2. The van der Waals surface area contributed by atoms with E-state index in [1.165, 1.54) is 12.1 Å². The fourth-order valence-corrected chi connectivity index (χ4v) is 2.08. The van der Waals surface area contributed by atoms with Crippen molar-refractivity contribution >= 4 is 17.6 Å². The molecule has 0 bridgehead atoms. The zero-order valence-electron chi connectivity index (χ0n) is 11.7. The molecule has 0 aliphatic carbocycles. The lowest BCUT2D eigenvalue weighted by molar-refractivity contribution is 0.0686. The topological polar surface area (TPSA) is 77.8 Å². The summed E-state index contributed by atoms with van der Waals surface area (Å²) in [4.78, 5) is 23.9. The van der Waals surface area contributed by atoms with Crippen LogP contribution in [0.15, 0.2) is 42.5 Å². The number of anilines is 1. The minimum atomic E-state index is -0.997. The van der Waals surface area contributed by atoms with E-state index in [4.69, 9.17) is 10.2 Å². The molecule has 5 heteroatoms. The van der Waals surface area contributed by atoms with E-state index in [-0.39, 0.29) is 11.1 Å². The molecule has 0 saturated heterocycles. The van der Waals surface area contributed by atoms with Crippen molar-refractivity contribution < 1.29 is 19.8 Å². The number of hydrogen-bond acceptors (Lipinski definition) is 3. The third-order valence-corrected chi connectivity index (χ3v) is 3.17. The van der Waals surface area contributed by atoms with E-state index in [1.807, 2.05) is 19.0 Å². The van der Waals surface area contributed by atoms with E-state index < -0.39 is 11.9 Å². The quantitative estimate of drug-likeness (QED) is 0.903. The highest BCUT2D eigenvalue weighted by Crippen LogP contribution is 2.31. The minimum absolute atomic E-state index is 0.193. The van der Waals surface area contributed by atoms with Crippen molar-refractivity contribution in [1.29, 1.82) is 0 Å². The van der Waals surface area contributed by atoms with E-state index in [2.05, 4.69) is 0 Å². The summed E-state index contributed by atoms with van der Waals surface area (Å²) >= 11 is 0. The molecule has 2 aromatic rings. The number of nitrogens with zero attached hydrogens (tertiary/aromatic N) is 1. The van der Waals surface area contributed by atoms with Gasteiger partial charge in [-0.15, -0.1) is 0 Å². The van der Waals surface area contributed by atoms with Gasteiger partial charge in [0.1, 0.15) is 0 Å². The zero-order chi connectivity index (χ0) is 15.6. The summed E-state index contributed by atoms with van der Waals surface area (Å²) in [6, 6.07) is 11.2. The van der Waals surface area contributed by atoms with Crippen LogP contribution in [0.1, 0.15) is 20.7 Å². The molecule has 0 unspecified atom stereocenters. The van der Waals surface area contributed by atoms with Crippen LogP contribution in [0, 0.1) is 0 Å². The van der Waals surface area contributed by atoms with Gasteiger partial charge in [0.05, 0.1) is 11.1 Å². The number of rotatable bonds is 4. The van der Waals surface area contributed by atoms with Crippen molar-refractivity contribution in [3.05, 3.63) is 53.6 Å². The van der Waals surface area contributed by atoms with E-state index in [9.17, 15) is 9.59 Å². The van der Waals surface area contributed by atoms with Crippen LogP contribution in [0.4, 0.5) is 5.69 Å². The minimum Gasteiger partial charge on any atom is -0.478 e. The van der Waals surface area contributed by atoms with E-state index in [0.717, 1.165) is 16.8 Å². The van der Waals surface area contributed by atoms with E-state index >= 15 is 0 Å². The first-order valence-corrected chi connectivity index (χ1v) is 6.28. The zero-order valence-corrected chi connectivity index (χ0v) is 11.7. The molecule has 0 aromatic heterocycles. The van der Waals surface area contributed by atoms with Gasteiger partial charge in [-0.25, -0.2) is 9.59 Å². The van der Waals surface area contributed by atoms with Crippen LogP contribution in [-0.2, 0) is 0 Å². The van der Waals surface area contributed by atoms with Crippen LogP contribution >= 0.6 is 0 Å². The molecule has 2 N–H and O–H groups in total. The first-order chi connectivity index (χ1) is 9.90. The van der Waals surface area contributed by atoms with Gasteiger partial charge in [-0.1, -0.05) is 12.1 Å². The Morgan fingerprint density at radius 2 is 1.38 bits per heavy atom. The highest BCUT2D eigenvalue weighted by molar-refractivity contribution is 5.93. The molecule has 0 spiro atoms. The second-order valence-electron chi connectivity index (χ2n) is 4.81. The van der Waals surface area contributed by atoms with E-state index in [0.29, 0.717) is 0 Å². The standard InChI is InChI=1S/C16H15NO4/c1-17(2)14-8-7-12(16(20)21)9-13(14)10-3-5-11(6-4-10)15(18)19/h3-9H,1-2H3,(H,18,19)(H,20,21). The molecule has 5 nitrogen and oxygen atoms in total. The lowest BCUT2D eigenvalue weighted by Crippen LogP contribution is -2.11. The monoisotopic (exact) mass is 285 g/mol. The summed E-state index contributed by atoms with van der Waals surface area (Å²) in [6.07, 6.45) is 0. The molecule has 0 atom stereocenters. The van der Waals surface area contributed by atoms with Crippen LogP contribution in [0.3, 0.4) is 0 Å². The van der Waals surface area contributed by atoms with Gasteiger partial charge >= 0.3 is 11.9 Å². The summed E-state index contributed by atoms with van der Waals surface area (Å²) in [6.45, 7) is 0. The van der Waals surface area contributed by atoms with Gasteiger partial charge in [0.15, 0.2) is 0 Å². The summed E-state index contributed by atoms with van der Waals surface area (Å²) in [7, 11) is 3.73. The Bertz CT molecular complexity index is 690. The Labute approximate surface area is 122 Å². The van der Waals surface area contributed by atoms with Crippen LogP contribution < -0.4 is 4.90 Å². The van der Waals surface area contributed by atoms with Crippen molar-refractivity contribution in [1.82, 2.24) is 0 Å². The normalized spacial score (nSPS) is 10.2. The first kappa shape index (κ1) is 14.6. The Morgan fingerprint density at radius 1 is 0.857 bits per heavy atom. The molecule has 108 valence electrons. The van der Waals surface area contributed by atoms with Crippen LogP contribution in [-0.4, -0.2) is 36.2 Å². The predicted octanol–water partition coefficient (Wildman–Crippen LogP) is 2.82. The molecule has 0 saturated carbocycles. The van der Waals surface area contributed by atoms with Crippen LogP contribution in [0.2, 0.25) is 0 Å². The fraction of sp³-hybridized carbons (Fsp3) is 0.125. The Morgan fingerprint density at radius 3 is 1.86 bits per heavy atom. The van der Waals surface area contributed by atoms with E-state index in [1.54, 1.807) is 30.3 Å². The van der Waals surface area contributed by atoms with Gasteiger partial charge in [-0.05, 0) is 35.9 Å². The van der Waals surface area contributed by atoms with Crippen molar-refractivity contribution in [2.24, 2.45) is 0 Å². The number of aromatic carboxylic acids is 2. The highest BCUT2D eigenvalue weighted by Gasteiger charge is 2.12. The maximum atomic E-state index is 11.1. The van der Waals surface area contributed by atoms with Crippen molar-refractivity contribution in [3.63, 3.8) is 0 Å². The molecule has 0 amide bonds. The molecule has 0 fully saturated rings. The first-order valence-electron chi connectivity index (χ1n) is 6.28. The average molecular weight is 285 g/mol. The Kier molecular flexibility index (Phi) is 3.93. The molecule has 21 heavy (non-hydrogen) atoms. The third-order valence-electron chi connectivity index (χ3n) is 3.17. The SMILES string of the molecule is CN(C)c1ccc(C(=O)O)cc1-c1ccc(C(=O)O)cc1. The van der Waals surface area contributed by atoms with Gasteiger partial charge in [0.2, 0.25) is 0 Å². The average Bonchev–Trinajstić information content (AvgIpc) is 2.46. The second kappa shape index (κ2) is 5.66. The van der Waals surface area contributed by atoms with Crippen molar-refractivity contribution in [3.8, 4) is 11.1 Å². The molecule has 0 aliphatic rings. The maximum Gasteiger partial charge on any atom is 0.335 e. The number of carboxylic acid groups (broad SMARTS) is 2. The smallest absolute Gasteiger partial charge is 0.335 e. The maximum absolute atomic E-state index is 11.1. The van der Waals surface area contributed by atoms with Crippen molar-refractivity contribution in [2.45, 2.75) is 0 Å². The summed E-state index contributed by atoms with van der Waals surface area (Å²) in [5, 5.41) is 18.0. The fourth-order valence-electron chi connectivity index (χ4n) is 2.08. The van der Waals surface area contributed by atoms with Gasteiger partial charge in [0.25, 0.3) is 0 Å². The molecular weight excluding hydrogens is 270 g/mol. The molecule has 0 aliphatic heterocycles. The van der Waals surface area contributed by atoms with Gasteiger partial charge in [0, 0.05) is 25.3 Å². The van der Waals surface area contributed by atoms with Crippen molar-refractivity contribution in [2.75, 3.05) is 19.0 Å². The van der Waals surface area contributed by atoms with Crippen LogP contribution in [0.5, 0.6) is 0 Å². The molecular formula is C16H15NO4. The molecule has 0 heterocycles. The lowest BCUT2D eigenvalue weighted by atomic mass is 9.99. The third kappa shape index (κ3) is 3.02. The van der Waals surface area contributed by atoms with Gasteiger partial charge in [-0.2, -0.15) is 0 Å².